The van der Waals surface area contributed by atoms with E-state index in [1.165, 1.54) is 19.3 Å². The molecule has 0 unspecified atom stereocenters. The van der Waals surface area contributed by atoms with Crippen LogP contribution >= 0.6 is 0 Å². The highest BCUT2D eigenvalue weighted by Gasteiger charge is 2.60. The van der Waals surface area contributed by atoms with Crippen molar-refractivity contribution in [1.29, 1.82) is 0 Å². The zero-order valence-electron chi connectivity index (χ0n) is 5.12. The molecular weight excluding hydrogens is 116 g/mol. The van der Waals surface area contributed by atoms with E-state index in [-0.39, 0.29) is 0 Å². The van der Waals surface area contributed by atoms with Gasteiger partial charge in [-0.2, -0.15) is 0 Å². The summed E-state index contributed by atoms with van der Waals surface area (Å²) >= 11 is 0. The van der Waals surface area contributed by atoms with Crippen LogP contribution in [-0.2, 0) is 0 Å². The highest BCUT2D eigenvalue weighted by Crippen LogP contribution is 2.42. The van der Waals surface area contributed by atoms with Crippen LogP contribution in [0.3, 0.4) is 0 Å². The van der Waals surface area contributed by atoms with Crippen LogP contribution in [0.1, 0.15) is 19.3 Å². The smallest absolute Gasteiger partial charge is 0.0976 e. The fourth-order valence-electron chi connectivity index (χ4n) is 1.72. The predicted molar refractivity (Wildman–Crippen MR) is 31.9 cm³/mol. The van der Waals surface area contributed by atoms with Crippen molar-refractivity contribution in [3.8, 4) is 0 Å². The van der Waals surface area contributed by atoms with Crippen molar-refractivity contribution in [3.63, 3.8) is 0 Å². The molecule has 9 heavy (non-hydrogen) atoms. The second kappa shape index (κ2) is 1.03. The monoisotopic (exact) mass is 126 g/mol. The molecule has 2 aliphatic heterocycles. The molecular formula is C5H10N4. The molecule has 0 aromatic heterocycles. The lowest BCUT2D eigenvalue weighted by atomic mass is 10.2. The normalized spacial score (nSPS) is 40.0. The summed E-state index contributed by atoms with van der Waals surface area (Å²) in [6, 6.07) is 0. The fraction of sp³-hybridized carbons (Fsp3) is 1.00. The summed E-state index contributed by atoms with van der Waals surface area (Å²) in [5.74, 6) is 0. The van der Waals surface area contributed by atoms with E-state index in [1.807, 2.05) is 0 Å². The Morgan fingerprint density at radius 1 is 0.778 bits per heavy atom. The lowest BCUT2D eigenvalue weighted by Crippen LogP contribution is -2.18. The van der Waals surface area contributed by atoms with Crippen LogP contribution in [0.25, 0.3) is 0 Å². The number of nitrogens with one attached hydrogen (secondary N) is 4. The topological polar surface area (TPSA) is 87.8 Å². The van der Waals surface area contributed by atoms with Crippen molar-refractivity contribution in [1.82, 2.24) is 21.7 Å². The molecule has 4 heteroatoms. The van der Waals surface area contributed by atoms with E-state index in [0.717, 1.165) is 0 Å². The largest absolute Gasteiger partial charge is 0.235 e. The highest BCUT2D eigenvalue weighted by atomic mass is 15.7. The van der Waals surface area contributed by atoms with Crippen LogP contribution in [0.15, 0.2) is 0 Å². The molecule has 0 aromatic rings. The second-order valence-electron chi connectivity index (χ2n) is 3.34. The standard InChI is InChI=1S/C5H10N4/c1-2-5(8-9-5)3-4(1)6-7-4/h6-9H,1-3H2. The van der Waals surface area contributed by atoms with Gasteiger partial charge in [0.2, 0.25) is 0 Å². The molecule has 1 saturated carbocycles. The van der Waals surface area contributed by atoms with Gasteiger partial charge in [-0.05, 0) is 12.8 Å². The van der Waals surface area contributed by atoms with Crippen molar-refractivity contribution in [2.75, 3.05) is 0 Å². The first kappa shape index (κ1) is 4.62. The van der Waals surface area contributed by atoms with Crippen molar-refractivity contribution in [3.05, 3.63) is 0 Å². The van der Waals surface area contributed by atoms with Gasteiger partial charge in [-0.15, -0.1) is 0 Å². The Labute approximate surface area is 53.3 Å². The highest BCUT2D eigenvalue weighted by molar-refractivity contribution is 5.13. The predicted octanol–water partition coefficient (Wildman–Crippen LogP) is -1.22. The Hall–Kier alpha value is -0.160. The van der Waals surface area contributed by atoms with E-state index in [2.05, 4.69) is 21.7 Å². The van der Waals surface area contributed by atoms with Crippen molar-refractivity contribution >= 4 is 0 Å². The van der Waals surface area contributed by atoms with Gasteiger partial charge in [-0.25, -0.2) is 21.7 Å². The van der Waals surface area contributed by atoms with Crippen molar-refractivity contribution in [2.45, 2.75) is 30.6 Å². The molecule has 3 aliphatic rings. The third kappa shape index (κ3) is 0.513. The van der Waals surface area contributed by atoms with Gasteiger partial charge < -0.3 is 0 Å². The van der Waals surface area contributed by atoms with E-state index < -0.39 is 0 Å². The number of rotatable bonds is 0. The first-order valence-electron chi connectivity index (χ1n) is 3.41. The van der Waals surface area contributed by atoms with Gasteiger partial charge in [0, 0.05) is 6.42 Å². The van der Waals surface area contributed by atoms with Gasteiger partial charge in [-0.1, -0.05) is 0 Å². The summed E-state index contributed by atoms with van der Waals surface area (Å²) in [6.07, 6.45) is 3.67. The van der Waals surface area contributed by atoms with Gasteiger partial charge in [-0.3, -0.25) is 0 Å². The zero-order chi connectivity index (χ0) is 5.95. The maximum absolute atomic E-state index is 3.18. The summed E-state index contributed by atoms with van der Waals surface area (Å²) < 4.78 is 0. The number of hydrogen-bond donors (Lipinski definition) is 4. The molecule has 2 saturated heterocycles. The van der Waals surface area contributed by atoms with E-state index in [4.69, 9.17) is 0 Å². The van der Waals surface area contributed by atoms with E-state index in [1.54, 1.807) is 0 Å². The molecule has 0 aromatic carbocycles. The van der Waals surface area contributed by atoms with Crippen LogP contribution in [-0.4, -0.2) is 11.3 Å². The Morgan fingerprint density at radius 3 is 1.44 bits per heavy atom. The Bertz CT molecular complexity index is 140. The quantitative estimate of drug-likeness (QED) is 0.306. The van der Waals surface area contributed by atoms with E-state index in [0.29, 0.717) is 11.3 Å². The average Bonchev–Trinajstić information content (AvgIpc) is 2.62. The molecule has 4 nitrogen and oxygen atoms in total. The Balaban J connectivity index is 1.86. The van der Waals surface area contributed by atoms with Crippen LogP contribution in [0.4, 0.5) is 0 Å². The van der Waals surface area contributed by atoms with Crippen molar-refractivity contribution in [2.24, 2.45) is 0 Å². The lowest BCUT2D eigenvalue weighted by molar-refractivity contribution is 0.580. The summed E-state index contributed by atoms with van der Waals surface area (Å²) in [6.45, 7) is 0. The minimum absolute atomic E-state index is 0.316. The van der Waals surface area contributed by atoms with Crippen molar-refractivity contribution < 1.29 is 0 Å². The Kier molecular flexibility index (Phi) is 0.531. The second-order valence-corrected chi connectivity index (χ2v) is 3.34. The van der Waals surface area contributed by atoms with Gasteiger partial charge in [0.15, 0.2) is 0 Å². The van der Waals surface area contributed by atoms with Crippen LogP contribution in [0.2, 0.25) is 0 Å². The maximum atomic E-state index is 3.18. The first-order chi connectivity index (χ1) is 4.33. The minimum Gasteiger partial charge on any atom is -0.235 e. The molecule has 0 amide bonds. The summed E-state index contributed by atoms with van der Waals surface area (Å²) in [5, 5.41) is 0. The van der Waals surface area contributed by atoms with E-state index in [9.17, 15) is 0 Å². The molecule has 2 heterocycles. The third-order valence-corrected chi connectivity index (χ3v) is 2.54. The molecule has 3 fully saturated rings. The van der Waals surface area contributed by atoms with Gasteiger partial charge in [0.25, 0.3) is 0 Å². The molecule has 2 spiro atoms. The fourth-order valence-corrected chi connectivity index (χ4v) is 1.72. The first-order valence-corrected chi connectivity index (χ1v) is 3.41. The molecule has 3 rings (SSSR count). The van der Waals surface area contributed by atoms with Gasteiger partial charge >= 0.3 is 0 Å². The molecule has 0 bridgehead atoms. The average molecular weight is 126 g/mol. The van der Waals surface area contributed by atoms with Gasteiger partial charge in [0.1, 0.15) is 0 Å². The Morgan fingerprint density at radius 2 is 1.22 bits per heavy atom. The SMILES string of the molecule is C1CC2(CC13NN3)NN2. The molecule has 0 radical (unpaired) electrons. The van der Waals surface area contributed by atoms with Crippen LogP contribution in [0.5, 0.6) is 0 Å². The lowest BCUT2D eigenvalue weighted by Gasteiger charge is -1.97. The number of hydrogen-bond acceptors (Lipinski definition) is 4. The van der Waals surface area contributed by atoms with Crippen LogP contribution in [0, 0.1) is 0 Å². The molecule has 4 N–H and O–H groups in total. The zero-order valence-corrected chi connectivity index (χ0v) is 5.12. The molecule has 0 atom stereocenters. The maximum Gasteiger partial charge on any atom is 0.0976 e. The van der Waals surface area contributed by atoms with E-state index >= 15 is 0 Å². The van der Waals surface area contributed by atoms with Crippen LogP contribution < -0.4 is 21.7 Å². The molecule has 1 aliphatic carbocycles. The third-order valence-electron chi connectivity index (χ3n) is 2.54. The number of hydrazine groups is 2. The summed E-state index contributed by atoms with van der Waals surface area (Å²) in [4.78, 5) is 0. The summed E-state index contributed by atoms with van der Waals surface area (Å²) in [7, 11) is 0. The minimum atomic E-state index is 0.316. The molecule has 50 valence electrons. The van der Waals surface area contributed by atoms with Gasteiger partial charge in [0.05, 0.1) is 11.3 Å². The summed E-state index contributed by atoms with van der Waals surface area (Å²) in [5.41, 5.74) is 13.3.